The Morgan fingerprint density at radius 2 is 2.31 bits per heavy atom. The molecule has 0 aliphatic carbocycles. The van der Waals surface area contributed by atoms with Gasteiger partial charge < -0.3 is 9.73 Å². The van der Waals surface area contributed by atoms with E-state index in [9.17, 15) is 4.79 Å². The van der Waals surface area contributed by atoms with Gasteiger partial charge in [0.05, 0.1) is 18.0 Å². The van der Waals surface area contributed by atoms with Crippen molar-refractivity contribution in [1.82, 2.24) is 10.3 Å². The number of amides is 1. The highest BCUT2D eigenvalue weighted by molar-refractivity contribution is 7.81. The van der Waals surface area contributed by atoms with E-state index < -0.39 is 0 Å². The minimum absolute atomic E-state index is 0.114. The van der Waals surface area contributed by atoms with E-state index >= 15 is 0 Å². The normalized spacial score (nSPS) is 10.1. The first kappa shape index (κ1) is 10.1. The number of nitrogens with one attached hydrogen (secondary N) is 1. The summed E-state index contributed by atoms with van der Waals surface area (Å²) in [4.78, 5) is 14.9. The number of hydrogen-bond donors (Lipinski definition) is 2. The molecule has 0 spiro atoms. The minimum atomic E-state index is -0.114. The quantitative estimate of drug-likeness (QED) is 0.711. The summed E-state index contributed by atoms with van der Waals surface area (Å²) in [7, 11) is 0. The van der Waals surface area contributed by atoms with Crippen LogP contribution >= 0.6 is 12.6 Å². The molecule has 0 atom stereocenters. The van der Waals surface area contributed by atoms with E-state index in [1.165, 1.54) is 0 Å². The Kier molecular flexibility index (Phi) is 3.36. The molecule has 4 nitrogen and oxygen atoms in total. The first-order valence-electron chi connectivity index (χ1n) is 3.94. The third-order valence-corrected chi connectivity index (χ3v) is 1.88. The summed E-state index contributed by atoms with van der Waals surface area (Å²) in [5.74, 6) is 1.39. The second-order valence-corrected chi connectivity index (χ2v) is 2.99. The average Bonchev–Trinajstić information content (AvgIpc) is 2.41. The second kappa shape index (κ2) is 4.32. The highest BCUT2D eigenvalue weighted by Gasteiger charge is 2.07. The van der Waals surface area contributed by atoms with Crippen molar-refractivity contribution in [2.75, 3.05) is 5.75 Å². The van der Waals surface area contributed by atoms with Gasteiger partial charge in [-0.25, -0.2) is 4.98 Å². The van der Waals surface area contributed by atoms with Crippen LogP contribution in [0.3, 0.4) is 0 Å². The molecule has 0 aliphatic heterocycles. The minimum Gasteiger partial charge on any atom is -0.444 e. The highest BCUT2D eigenvalue weighted by Crippen LogP contribution is 2.08. The van der Waals surface area contributed by atoms with E-state index in [1.807, 2.05) is 6.92 Å². The summed E-state index contributed by atoms with van der Waals surface area (Å²) in [5.41, 5.74) is 0.817. The molecule has 1 heterocycles. The Balaban J connectivity index is 2.54. The van der Waals surface area contributed by atoms with Gasteiger partial charge in [-0.15, -0.1) is 0 Å². The number of carbonyl (C=O) groups excluding carboxylic acids is 1. The zero-order valence-corrected chi connectivity index (χ0v) is 8.52. The first-order chi connectivity index (χ1) is 6.13. The fraction of sp³-hybridized carbons (Fsp3) is 0.500. The molecule has 1 rings (SSSR count). The van der Waals surface area contributed by atoms with Crippen LogP contribution in [0, 0.1) is 13.8 Å². The van der Waals surface area contributed by atoms with Gasteiger partial charge in [-0.2, -0.15) is 12.6 Å². The Morgan fingerprint density at radius 1 is 1.62 bits per heavy atom. The second-order valence-electron chi connectivity index (χ2n) is 2.68. The van der Waals surface area contributed by atoms with Gasteiger partial charge in [0.15, 0.2) is 5.89 Å². The molecule has 1 amide bonds. The van der Waals surface area contributed by atoms with E-state index in [-0.39, 0.29) is 11.7 Å². The van der Waals surface area contributed by atoms with Gasteiger partial charge in [0.25, 0.3) is 0 Å². The molecule has 72 valence electrons. The molecule has 0 saturated heterocycles. The van der Waals surface area contributed by atoms with Crippen LogP contribution in [0.2, 0.25) is 0 Å². The molecule has 1 aromatic heterocycles. The van der Waals surface area contributed by atoms with Crippen LogP contribution in [0.1, 0.15) is 17.3 Å². The van der Waals surface area contributed by atoms with Gasteiger partial charge in [0, 0.05) is 6.92 Å². The molecule has 13 heavy (non-hydrogen) atoms. The van der Waals surface area contributed by atoms with Gasteiger partial charge in [-0.05, 0) is 6.92 Å². The fourth-order valence-corrected chi connectivity index (χ4v) is 1.08. The molecule has 0 bridgehead atoms. The monoisotopic (exact) mass is 200 g/mol. The summed E-state index contributed by atoms with van der Waals surface area (Å²) in [6, 6.07) is 0. The number of nitrogens with zero attached hydrogens (tertiary/aromatic N) is 1. The Bertz CT molecular complexity index is 309. The molecule has 1 N–H and O–H groups in total. The lowest BCUT2D eigenvalue weighted by molar-refractivity contribution is -0.118. The Hall–Kier alpha value is -0.970. The summed E-state index contributed by atoms with van der Waals surface area (Å²) in [6.07, 6.45) is 0. The number of aromatic nitrogens is 1. The SMILES string of the molecule is Cc1nc(C)c(CNC(=O)CS)o1. The van der Waals surface area contributed by atoms with Gasteiger partial charge in [-0.3, -0.25) is 4.79 Å². The van der Waals surface area contributed by atoms with Gasteiger partial charge in [0.1, 0.15) is 5.76 Å². The number of aryl methyl sites for hydroxylation is 2. The average molecular weight is 200 g/mol. The van der Waals surface area contributed by atoms with Crippen molar-refractivity contribution in [2.45, 2.75) is 20.4 Å². The van der Waals surface area contributed by atoms with E-state index in [0.29, 0.717) is 18.2 Å². The van der Waals surface area contributed by atoms with Crippen molar-refractivity contribution < 1.29 is 9.21 Å². The van der Waals surface area contributed by atoms with Crippen LogP contribution in [0.25, 0.3) is 0 Å². The molecule has 0 saturated carbocycles. The lowest BCUT2D eigenvalue weighted by Gasteiger charge is -1.99. The van der Waals surface area contributed by atoms with Crippen molar-refractivity contribution in [2.24, 2.45) is 0 Å². The number of thiol groups is 1. The Morgan fingerprint density at radius 3 is 2.77 bits per heavy atom. The number of carbonyl (C=O) groups is 1. The van der Waals surface area contributed by atoms with Crippen molar-refractivity contribution in [3.05, 3.63) is 17.3 Å². The van der Waals surface area contributed by atoms with Crippen molar-refractivity contribution in [3.63, 3.8) is 0 Å². The predicted molar refractivity (Wildman–Crippen MR) is 51.7 cm³/mol. The van der Waals surface area contributed by atoms with Crippen LogP contribution < -0.4 is 5.32 Å². The van der Waals surface area contributed by atoms with Crippen molar-refractivity contribution >= 4 is 18.5 Å². The highest BCUT2D eigenvalue weighted by atomic mass is 32.1. The van der Waals surface area contributed by atoms with E-state index in [1.54, 1.807) is 6.92 Å². The molecular weight excluding hydrogens is 188 g/mol. The summed E-state index contributed by atoms with van der Waals surface area (Å²) in [5, 5.41) is 2.65. The molecule has 0 unspecified atom stereocenters. The number of hydrogen-bond acceptors (Lipinski definition) is 4. The smallest absolute Gasteiger partial charge is 0.230 e. The molecule has 0 fully saturated rings. The van der Waals surface area contributed by atoms with Crippen molar-refractivity contribution in [3.8, 4) is 0 Å². The summed E-state index contributed by atoms with van der Waals surface area (Å²) >= 11 is 3.83. The zero-order chi connectivity index (χ0) is 9.84. The van der Waals surface area contributed by atoms with Crippen LogP contribution in [0.4, 0.5) is 0 Å². The van der Waals surface area contributed by atoms with Crippen LogP contribution in [-0.4, -0.2) is 16.6 Å². The lowest BCUT2D eigenvalue weighted by atomic mass is 10.3. The van der Waals surface area contributed by atoms with E-state index in [0.717, 1.165) is 5.69 Å². The lowest BCUT2D eigenvalue weighted by Crippen LogP contribution is -2.23. The molecular formula is C8H12N2O2S. The maximum absolute atomic E-state index is 10.9. The Labute approximate surface area is 82.1 Å². The third kappa shape index (κ3) is 2.77. The molecule has 0 radical (unpaired) electrons. The number of rotatable bonds is 3. The van der Waals surface area contributed by atoms with E-state index in [2.05, 4.69) is 22.9 Å². The largest absolute Gasteiger partial charge is 0.444 e. The zero-order valence-electron chi connectivity index (χ0n) is 7.63. The van der Waals surface area contributed by atoms with Crippen LogP contribution in [-0.2, 0) is 11.3 Å². The van der Waals surface area contributed by atoms with E-state index in [4.69, 9.17) is 4.42 Å². The first-order valence-corrected chi connectivity index (χ1v) is 4.57. The van der Waals surface area contributed by atoms with Crippen LogP contribution in [0.5, 0.6) is 0 Å². The fourth-order valence-electron chi connectivity index (χ4n) is 0.972. The molecule has 0 aromatic carbocycles. The standard InChI is InChI=1S/C8H12N2O2S/c1-5-7(12-6(2)10-5)3-9-8(11)4-13/h13H,3-4H2,1-2H3,(H,9,11). The summed E-state index contributed by atoms with van der Waals surface area (Å²) < 4.78 is 5.26. The summed E-state index contributed by atoms with van der Waals surface area (Å²) in [6.45, 7) is 4.00. The topological polar surface area (TPSA) is 55.1 Å². The molecule has 0 aliphatic rings. The van der Waals surface area contributed by atoms with Gasteiger partial charge in [0.2, 0.25) is 5.91 Å². The maximum atomic E-state index is 10.9. The number of oxazole rings is 1. The van der Waals surface area contributed by atoms with Crippen molar-refractivity contribution in [1.29, 1.82) is 0 Å². The predicted octanol–water partition coefficient (Wildman–Crippen LogP) is 0.837. The maximum Gasteiger partial charge on any atom is 0.230 e. The molecule has 5 heteroatoms. The third-order valence-electron chi connectivity index (χ3n) is 1.59. The molecule has 1 aromatic rings. The van der Waals surface area contributed by atoms with Gasteiger partial charge in [-0.1, -0.05) is 0 Å². The van der Waals surface area contributed by atoms with Crippen LogP contribution in [0.15, 0.2) is 4.42 Å². The van der Waals surface area contributed by atoms with Gasteiger partial charge >= 0.3 is 0 Å².